The first-order chi connectivity index (χ1) is 27.8. The first-order valence-corrected chi connectivity index (χ1v) is 19.6. The van der Waals surface area contributed by atoms with Crippen LogP contribution < -0.4 is 0 Å². The summed E-state index contributed by atoms with van der Waals surface area (Å²) in [4.78, 5) is 0. The van der Waals surface area contributed by atoms with Gasteiger partial charge >= 0.3 is 0 Å². The Labute approximate surface area is 326 Å². The highest BCUT2D eigenvalue weighted by Gasteiger charge is 2.23. The van der Waals surface area contributed by atoms with Crippen molar-refractivity contribution in [1.29, 1.82) is 0 Å². The van der Waals surface area contributed by atoms with Gasteiger partial charge in [-0.2, -0.15) is 0 Å². The van der Waals surface area contributed by atoms with Crippen molar-refractivity contribution in [2.24, 2.45) is 0 Å². The Morgan fingerprint density at radius 2 is 0.893 bits per heavy atom. The van der Waals surface area contributed by atoms with Gasteiger partial charge in [-0.3, -0.25) is 0 Å². The molecule has 0 unspecified atom stereocenters. The maximum Gasteiger partial charge on any atom is 0.0541 e. The molecule has 1 aliphatic rings. The summed E-state index contributed by atoms with van der Waals surface area (Å²) in [5.41, 5.74) is 18.8. The highest BCUT2D eigenvalue weighted by atomic mass is 15.0. The van der Waals surface area contributed by atoms with Gasteiger partial charge in [-0.05, 0) is 106 Å². The van der Waals surface area contributed by atoms with Crippen molar-refractivity contribution in [3.05, 3.63) is 217 Å². The van der Waals surface area contributed by atoms with E-state index in [1.807, 2.05) is 0 Å². The number of nitrogens with zero attached hydrogens (tertiary/aromatic N) is 2. The highest BCUT2D eigenvalue weighted by molar-refractivity contribution is 6.11. The van der Waals surface area contributed by atoms with Crippen molar-refractivity contribution >= 4 is 44.4 Å². The van der Waals surface area contributed by atoms with Gasteiger partial charge in [0.2, 0.25) is 0 Å². The zero-order chi connectivity index (χ0) is 37.0. The lowest BCUT2D eigenvalue weighted by atomic mass is 9.90. The molecule has 1 aliphatic carbocycles. The second kappa shape index (κ2) is 13.3. The molecule has 0 bridgehead atoms. The van der Waals surface area contributed by atoms with Crippen molar-refractivity contribution in [3.63, 3.8) is 0 Å². The molecule has 10 aromatic rings. The molecule has 11 rings (SSSR count). The first kappa shape index (κ1) is 32.3. The number of fused-ring (bicyclic) bond motifs is 6. The second-order valence-corrected chi connectivity index (χ2v) is 14.9. The minimum atomic E-state index is 0.955. The van der Waals surface area contributed by atoms with Gasteiger partial charge in [-0.15, -0.1) is 0 Å². The second-order valence-electron chi connectivity index (χ2n) is 14.9. The molecule has 0 amide bonds. The number of aromatic nitrogens is 2. The lowest BCUT2D eigenvalue weighted by Crippen LogP contribution is -2.05. The van der Waals surface area contributed by atoms with E-state index >= 15 is 0 Å². The molecule has 0 radical (unpaired) electrons. The number of benzene rings is 8. The Kier molecular flexibility index (Phi) is 7.67. The molecule has 264 valence electrons. The first-order valence-electron chi connectivity index (χ1n) is 19.6. The Morgan fingerprint density at radius 1 is 0.339 bits per heavy atom. The zero-order valence-electron chi connectivity index (χ0n) is 30.9. The van der Waals surface area contributed by atoms with Gasteiger partial charge in [0.05, 0.1) is 22.2 Å². The average Bonchev–Trinajstić information content (AvgIpc) is 3.79. The summed E-state index contributed by atoms with van der Waals surface area (Å²) in [5.74, 6) is 0. The highest BCUT2D eigenvalue weighted by Crippen LogP contribution is 2.42. The molecule has 0 N–H and O–H groups in total. The Bertz CT molecular complexity index is 3050. The fraction of sp³-hybridized carbons (Fsp3) is 0.0370. The number of hydrogen-bond donors (Lipinski definition) is 0. The molecule has 2 heteroatoms. The normalized spacial score (nSPS) is 12.6. The van der Waals surface area contributed by atoms with Crippen molar-refractivity contribution in [2.45, 2.75) is 12.8 Å². The van der Waals surface area contributed by atoms with E-state index in [-0.39, 0.29) is 0 Å². The van der Waals surface area contributed by atoms with Crippen molar-refractivity contribution in [2.75, 3.05) is 0 Å². The summed E-state index contributed by atoms with van der Waals surface area (Å²) < 4.78 is 4.98. The summed E-state index contributed by atoms with van der Waals surface area (Å²) in [6.07, 6.45) is 4.40. The third kappa shape index (κ3) is 5.33. The van der Waals surface area contributed by atoms with E-state index in [0.29, 0.717) is 0 Å². The van der Waals surface area contributed by atoms with Crippen LogP contribution in [0.15, 0.2) is 200 Å². The van der Waals surface area contributed by atoms with E-state index in [1.165, 1.54) is 99.9 Å². The Balaban J connectivity index is 1.07. The molecule has 0 saturated carbocycles. The molecule has 2 heterocycles. The third-order valence-corrected chi connectivity index (χ3v) is 11.6. The number of allylic oxidation sites excluding steroid dienone is 1. The Hall–Kier alpha value is -7.16. The number of hydrogen-bond acceptors (Lipinski definition) is 0. The van der Waals surface area contributed by atoms with Crippen molar-refractivity contribution < 1.29 is 0 Å². The molecule has 0 saturated heterocycles. The van der Waals surface area contributed by atoms with Crippen LogP contribution in [0.25, 0.3) is 89.1 Å². The fourth-order valence-electron chi connectivity index (χ4n) is 9.04. The van der Waals surface area contributed by atoms with E-state index in [0.717, 1.165) is 12.8 Å². The van der Waals surface area contributed by atoms with Gasteiger partial charge in [0.1, 0.15) is 0 Å². The predicted molar refractivity (Wildman–Crippen MR) is 237 cm³/mol. The summed E-state index contributed by atoms with van der Waals surface area (Å²) in [5, 5.41) is 3.84. The molecule has 2 nitrogen and oxygen atoms in total. The molecule has 0 fully saturated rings. The summed E-state index contributed by atoms with van der Waals surface area (Å²) in [6, 6.07) is 73.0. The van der Waals surface area contributed by atoms with E-state index in [9.17, 15) is 0 Å². The SMILES string of the molecule is C1=C(c2ccc3c(c2)c2ccccc2n3-c2ccccc2-c2ccccc2)CCc2c1c1ccccc1n2-c1cc(-c2ccccc2)cc(-c2ccccc2)c1. The van der Waals surface area contributed by atoms with Crippen LogP contribution in [0.2, 0.25) is 0 Å². The van der Waals surface area contributed by atoms with E-state index < -0.39 is 0 Å². The van der Waals surface area contributed by atoms with Crippen LogP contribution >= 0.6 is 0 Å². The van der Waals surface area contributed by atoms with Crippen LogP contribution in [0.1, 0.15) is 23.2 Å². The van der Waals surface area contributed by atoms with E-state index in [2.05, 4.69) is 215 Å². The van der Waals surface area contributed by atoms with Crippen LogP contribution in [-0.4, -0.2) is 9.13 Å². The van der Waals surface area contributed by atoms with E-state index in [1.54, 1.807) is 0 Å². The van der Waals surface area contributed by atoms with Crippen LogP contribution in [0, 0.1) is 0 Å². The monoisotopic (exact) mass is 714 g/mol. The molecular formula is C54H38N2. The minimum Gasteiger partial charge on any atom is -0.313 e. The van der Waals surface area contributed by atoms with Gasteiger partial charge in [0.25, 0.3) is 0 Å². The molecule has 0 aliphatic heterocycles. The quantitative estimate of drug-likeness (QED) is 0.162. The molecule has 8 aromatic carbocycles. The van der Waals surface area contributed by atoms with Crippen LogP contribution in [-0.2, 0) is 6.42 Å². The topological polar surface area (TPSA) is 9.86 Å². The van der Waals surface area contributed by atoms with Gasteiger partial charge in [-0.25, -0.2) is 0 Å². The zero-order valence-corrected chi connectivity index (χ0v) is 30.9. The summed E-state index contributed by atoms with van der Waals surface area (Å²) in [6.45, 7) is 0. The average molecular weight is 715 g/mol. The van der Waals surface area contributed by atoms with Crippen LogP contribution in [0.3, 0.4) is 0 Å². The smallest absolute Gasteiger partial charge is 0.0541 e. The van der Waals surface area contributed by atoms with Gasteiger partial charge in [-0.1, -0.05) is 152 Å². The summed E-state index contributed by atoms with van der Waals surface area (Å²) in [7, 11) is 0. The molecule has 56 heavy (non-hydrogen) atoms. The molecule has 0 spiro atoms. The number of para-hydroxylation sites is 3. The van der Waals surface area contributed by atoms with E-state index in [4.69, 9.17) is 0 Å². The lowest BCUT2D eigenvalue weighted by Gasteiger charge is -2.19. The van der Waals surface area contributed by atoms with Crippen molar-refractivity contribution in [3.8, 4) is 44.8 Å². The maximum absolute atomic E-state index is 2.53. The third-order valence-electron chi connectivity index (χ3n) is 11.6. The fourth-order valence-corrected chi connectivity index (χ4v) is 9.04. The standard InChI is InChI=1S/C54H38N2/c1-4-16-37(17-5-1)42-32-43(38-18-6-2-7-19-38)34-44(33-42)55-51-26-14-11-23-46(51)48-35-40(28-30-53(48)55)41-29-31-54-49(36-41)47-24-12-15-27-52(47)56(54)50-25-13-10-22-45(50)39-20-8-3-9-21-39/h1-27,29,31-36H,28,30H2. The maximum atomic E-state index is 2.53. The molecule has 2 aromatic heterocycles. The molecule has 0 atom stereocenters. The largest absolute Gasteiger partial charge is 0.313 e. The predicted octanol–water partition coefficient (Wildman–Crippen LogP) is 14.2. The van der Waals surface area contributed by atoms with Crippen molar-refractivity contribution in [1.82, 2.24) is 9.13 Å². The molecular weight excluding hydrogens is 677 g/mol. The Morgan fingerprint density at radius 3 is 1.59 bits per heavy atom. The van der Waals surface area contributed by atoms with Crippen LogP contribution in [0.4, 0.5) is 0 Å². The van der Waals surface area contributed by atoms with Gasteiger partial charge in [0, 0.05) is 38.7 Å². The number of rotatable bonds is 6. The van der Waals surface area contributed by atoms with Gasteiger partial charge in [0.15, 0.2) is 0 Å². The van der Waals surface area contributed by atoms with Gasteiger partial charge < -0.3 is 9.13 Å². The lowest BCUT2D eigenvalue weighted by molar-refractivity contribution is 0.898. The summed E-state index contributed by atoms with van der Waals surface area (Å²) >= 11 is 0. The van der Waals surface area contributed by atoms with Crippen LogP contribution in [0.5, 0.6) is 0 Å². The minimum absolute atomic E-state index is 0.955.